The van der Waals surface area contributed by atoms with E-state index in [2.05, 4.69) is 42.0 Å². The molecule has 7 heteroatoms. The summed E-state index contributed by atoms with van der Waals surface area (Å²) in [6, 6.07) is 2.64. The van der Waals surface area contributed by atoms with Gasteiger partial charge in [-0.05, 0) is 70.3 Å². The lowest BCUT2D eigenvalue weighted by Gasteiger charge is -2.40. The van der Waals surface area contributed by atoms with Gasteiger partial charge in [-0.1, -0.05) is 27.2 Å². The van der Waals surface area contributed by atoms with Gasteiger partial charge in [-0.15, -0.1) is 0 Å². The standard InChI is InChI=1S/C29H47N5O2/c1-29(2,3)28-31-25(21-5-4-6-21)19-26(32-28)34-15-13-33(14-16-34)12-11-20-17-23(18-20)30-27(36)22-7-9-24(35)10-8-22/h19-24,35H,4-18H2,1-3H3,(H,30,36)/t20-,22-,23-,24+. The molecule has 5 rings (SSSR count). The molecule has 7 nitrogen and oxygen atoms in total. The van der Waals surface area contributed by atoms with Gasteiger partial charge in [-0.25, -0.2) is 9.97 Å². The van der Waals surface area contributed by atoms with Crippen molar-refractivity contribution in [2.75, 3.05) is 37.6 Å². The number of rotatable bonds is 7. The molecule has 4 fully saturated rings. The predicted molar refractivity (Wildman–Crippen MR) is 143 cm³/mol. The highest BCUT2D eigenvalue weighted by molar-refractivity contribution is 5.79. The minimum Gasteiger partial charge on any atom is -0.393 e. The zero-order valence-electron chi connectivity index (χ0n) is 22.7. The van der Waals surface area contributed by atoms with E-state index in [4.69, 9.17) is 9.97 Å². The van der Waals surface area contributed by atoms with Gasteiger partial charge in [0, 0.05) is 61.2 Å². The fraction of sp³-hybridized carbons (Fsp3) is 0.828. The lowest BCUT2D eigenvalue weighted by molar-refractivity contribution is -0.128. The molecule has 0 bridgehead atoms. The number of anilines is 1. The van der Waals surface area contributed by atoms with Crippen LogP contribution in [-0.4, -0.2) is 70.8 Å². The van der Waals surface area contributed by atoms with Gasteiger partial charge in [-0.3, -0.25) is 9.69 Å². The summed E-state index contributed by atoms with van der Waals surface area (Å²) in [5.41, 5.74) is 1.22. The highest BCUT2D eigenvalue weighted by atomic mass is 16.3. The Morgan fingerprint density at radius 2 is 1.72 bits per heavy atom. The van der Waals surface area contributed by atoms with Crippen molar-refractivity contribution < 1.29 is 9.90 Å². The number of aliphatic hydroxyl groups excluding tert-OH is 1. The molecule has 200 valence electrons. The van der Waals surface area contributed by atoms with Gasteiger partial charge in [-0.2, -0.15) is 0 Å². The zero-order chi connectivity index (χ0) is 25.3. The van der Waals surface area contributed by atoms with Gasteiger partial charge in [0.1, 0.15) is 11.6 Å². The molecule has 0 radical (unpaired) electrons. The molecule has 0 unspecified atom stereocenters. The van der Waals surface area contributed by atoms with Gasteiger partial charge in [0.2, 0.25) is 5.91 Å². The van der Waals surface area contributed by atoms with Crippen molar-refractivity contribution in [2.45, 2.75) is 108 Å². The number of hydrogen-bond acceptors (Lipinski definition) is 6. The van der Waals surface area contributed by atoms with Crippen molar-refractivity contribution in [1.29, 1.82) is 0 Å². The first-order chi connectivity index (χ1) is 17.2. The van der Waals surface area contributed by atoms with E-state index in [1.54, 1.807) is 0 Å². The maximum atomic E-state index is 12.5. The van der Waals surface area contributed by atoms with Crippen LogP contribution >= 0.6 is 0 Å². The second-order valence-electron chi connectivity index (χ2n) is 13.0. The first-order valence-corrected chi connectivity index (χ1v) is 14.6. The normalized spacial score (nSPS) is 29.9. The lowest BCUT2D eigenvalue weighted by atomic mass is 9.77. The van der Waals surface area contributed by atoms with E-state index in [1.807, 2.05) is 0 Å². The first-order valence-electron chi connectivity index (χ1n) is 14.6. The van der Waals surface area contributed by atoms with Crippen LogP contribution in [-0.2, 0) is 10.2 Å². The number of nitrogens with zero attached hydrogens (tertiary/aromatic N) is 4. The van der Waals surface area contributed by atoms with Gasteiger partial charge < -0.3 is 15.3 Å². The molecule has 1 aromatic heterocycles. The number of piperazine rings is 1. The fourth-order valence-corrected chi connectivity index (χ4v) is 6.18. The molecule has 0 spiro atoms. The summed E-state index contributed by atoms with van der Waals surface area (Å²) >= 11 is 0. The van der Waals surface area contributed by atoms with Crippen LogP contribution < -0.4 is 10.2 Å². The number of nitrogens with one attached hydrogen (secondary N) is 1. The van der Waals surface area contributed by atoms with E-state index in [-0.39, 0.29) is 23.3 Å². The molecule has 1 amide bonds. The van der Waals surface area contributed by atoms with E-state index in [0.29, 0.717) is 12.0 Å². The van der Waals surface area contributed by atoms with Crippen molar-refractivity contribution in [3.63, 3.8) is 0 Å². The van der Waals surface area contributed by atoms with E-state index >= 15 is 0 Å². The number of hydrogen-bond donors (Lipinski definition) is 2. The molecular weight excluding hydrogens is 450 g/mol. The number of aliphatic hydroxyl groups is 1. The third-order valence-electron chi connectivity index (χ3n) is 9.13. The van der Waals surface area contributed by atoms with Crippen LogP contribution in [0.25, 0.3) is 0 Å². The Bertz CT molecular complexity index is 889. The predicted octanol–water partition coefficient (Wildman–Crippen LogP) is 4.00. The van der Waals surface area contributed by atoms with Gasteiger partial charge >= 0.3 is 0 Å². The average Bonchev–Trinajstić information content (AvgIpc) is 2.79. The van der Waals surface area contributed by atoms with Gasteiger partial charge in [0.25, 0.3) is 0 Å². The molecule has 2 heterocycles. The Morgan fingerprint density at radius 3 is 2.33 bits per heavy atom. The van der Waals surface area contributed by atoms with Crippen LogP contribution in [0.1, 0.15) is 102 Å². The quantitative estimate of drug-likeness (QED) is 0.593. The minimum atomic E-state index is -0.198. The molecule has 4 aliphatic rings. The van der Waals surface area contributed by atoms with Crippen LogP contribution in [0.15, 0.2) is 6.07 Å². The van der Waals surface area contributed by atoms with Crippen LogP contribution in [0.4, 0.5) is 5.82 Å². The highest BCUT2D eigenvalue weighted by Crippen LogP contribution is 2.37. The average molecular weight is 498 g/mol. The molecular formula is C29H47N5O2. The van der Waals surface area contributed by atoms with E-state index < -0.39 is 0 Å². The monoisotopic (exact) mass is 497 g/mol. The second-order valence-corrected chi connectivity index (χ2v) is 13.0. The smallest absolute Gasteiger partial charge is 0.223 e. The first kappa shape index (κ1) is 25.9. The summed E-state index contributed by atoms with van der Waals surface area (Å²) in [6.45, 7) is 12.0. The fourth-order valence-electron chi connectivity index (χ4n) is 6.18. The van der Waals surface area contributed by atoms with Crippen LogP contribution in [0.5, 0.6) is 0 Å². The van der Waals surface area contributed by atoms with Crippen LogP contribution in [0.3, 0.4) is 0 Å². The lowest BCUT2D eigenvalue weighted by Crippen LogP contribution is -2.49. The molecule has 1 aliphatic heterocycles. The molecule has 3 aliphatic carbocycles. The largest absolute Gasteiger partial charge is 0.393 e. The summed E-state index contributed by atoms with van der Waals surface area (Å²) in [5, 5.41) is 12.9. The van der Waals surface area contributed by atoms with Gasteiger partial charge in [0.05, 0.1) is 6.10 Å². The molecule has 1 saturated heterocycles. The molecule has 36 heavy (non-hydrogen) atoms. The van der Waals surface area contributed by atoms with Crippen molar-refractivity contribution in [3.05, 3.63) is 17.6 Å². The maximum Gasteiger partial charge on any atom is 0.223 e. The summed E-state index contributed by atoms with van der Waals surface area (Å²) in [4.78, 5) is 27.6. The Morgan fingerprint density at radius 1 is 1.03 bits per heavy atom. The maximum absolute atomic E-state index is 12.5. The highest BCUT2D eigenvalue weighted by Gasteiger charge is 2.34. The number of carbonyl (C=O) groups excluding carboxylic acids is 1. The molecule has 0 atom stereocenters. The van der Waals surface area contributed by atoms with Crippen LogP contribution in [0.2, 0.25) is 0 Å². The summed E-state index contributed by atoms with van der Waals surface area (Å²) in [7, 11) is 0. The van der Waals surface area contributed by atoms with E-state index in [0.717, 1.165) is 88.8 Å². The minimum absolute atomic E-state index is 0.0324. The number of amides is 1. The van der Waals surface area contributed by atoms with Crippen molar-refractivity contribution in [2.24, 2.45) is 11.8 Å². The SMILES string of the molecule is CC(C)(C)c1nc(C2CCC2)cc(N2CCN(CC[C@H]3C[C@H](NC(=O)[C@H]4CC[C@@H](O)CC4)C3)CC2)n1. The number of carbonyl (C=O) groups is 1. The third-order valence-corrected chi connectivity index (χ3v) is 9.13. The Balaban J connectivity index is 1.04. The second kappa shape index (κ2) is 10.9. The molecule has 0 aromatic carbocycles. The Kier molecular flexibility index (Phi) is 7.87. The summed E-state index contributed by atoms with van der Waals surface area (Å²) < 4.78 is 0. The Labute approximate surface area is 217 Å². The number of aromatic nitrogens is 2. The topological polar surface area (TPSA) is 81.6 Å². The van der Waals surface area contributed by atoms with Crippen molar-refractivity contribution >= 4 is 11.7 Å². The van der Waals surface area contributed by atoms with E-state index in [9.17, 15) is 9.90 Å². The van der Waals surface area contributed by atoms with E-state index in [1.165, 1.54) is 31.4 Å². The summed E-state index contributed by atoms with van der Waals surface area (Å²) in [6.07, 6.45) is 10.4. The third kappa shape index (κ3) is 6.21. The van der Waals surface area contributed by atoms with Crippen molar-refractivity contribution in [1.82, 2.24) is 20.2 Å². The van der Waals surface area contributed by atoms with Crippen LogP contribution in [0, 0.1) is 11.8 Å². The zero-order valence-corrected chi connectivity index (χ0v) is 22.7. The molecule has 3 saturated carbocycles. The molecule has 2 N–H and O–H groups in total. The molecule has 1 aromatic rings. The Hall–Kier alpha value is -1.73. The summed E-state index contributed by atoms with van der Waals surface area (Å²) in [5.74, 6) is 3.81. The van der Waals surface area contributed by atoms with Gasteiger partial charge in [0.15, 0.2) is 0 Å². The van der Waals surface area contributed by atoms with Crippen molar-refractivity contribution in [3.8, 4) is 0 Å².